The van der Waals surface area contributed by atoms with Crippen molar-refractivity contribution in [2.45, 2.75) is 133 Å². The molecular weight excluding hydrogens is 739 g/mol. The highest BCUT2D eigenvalue weighted by Crippen LogP contribution is 2.48. The lowest BCUT2D eigenvalue weighted by molar-refractivity contribution is -0.146. The molecule has 0 radical (unpaired) electrons. The van der Waals surface area contributed by atoms with Gasteiger partial charge in [0.2, 0.25) is 27.7 Å². The van der Waals surface area contributed by atoms with Crippen LogP contribution in [0.3, 0.4) is 0 Å². The zero-order valence-corrected chi connectivity index (χ0v) is 34.0. The number of carbonyl (C=O) groups excluding carboxylic acids is 3. The fourth-order valence-corrected chi connectivity index (χ4v) is 10.1. The first kappa shape index (κ1) is 39.8. The molecule has 0 bridgehead atoms. The van der Waals surface area contributed by atoms with Crippen LogP contribution in [0, 0.1) is 17.8 Å². The number of benzene rings is 1. The van der Waals surface area contributed by atoms with Crippen LogP contribution in [-0.4, -0.2) is 99.3 Å². The first-order valence-corrected chi connectivity index (χ1v) is 21.4. The molecule has 1 aromatic carbocycles. The molecule has 7 atom stereocenters. The summed E-state index contributed by atoms with van der Waals surface area (Å²) in [5.74, 6) is -1.70. The highest BCUT2D eigenvalue weighted by molar-refractivity contribution is 7.91. The molecule has 0 spiro atoms. The number of nitrogens with one attached hydrogen (secondary N) is 2. The van der Waals surface area contributed by atoms with Crippen LogP contribution in [0.5, 0.6) is 11.6 Å². The van der Waals surface area contributed by atoms with Gasteiger partial charge in [-0.05, 0) is 97.0 Å². The van der Waals surface area contributed by atoms with Gasteiger partial charge in [-0.1, -0.05) is 44.2 Å². The molecule has 3 fully saturated rings. The van der Waals surface area contributed by atoms with Gasteiger partial charge in [0.15, 0.2) is 0 Å². The first-order valence-electron chi connectivity index (χ1n) is 19.9. The maximum atomic E-state index is 15.1. The zero-order valence-electron chi connectivity index (χ0n) is 33.2. The number of sulfonamides is 1. The first-order chi connectivity index (χ1) is 26.3. The lowest BCUT2D eigenvalue weighted by Gasteiger charge is -2.43. The minimum atomic E-state index is -4.01. The van der Waals surface area contributed by atoms with Gasteiger partial charge in [0, 0.05) is 28.7 Å². The molecule has 3 N–H and O–H groups in total. The fraction of sp³-hybridized carbons (Fsp3) is 0.634. The van der Waals surface area contributed by atoms with Gasteiger partial charge in [-0.2, -0.15) is 0 Å². The van der Waals surface area contributed by atoms with Crippen molar-refractivity contribution in [1.29, 1.82) is 0 Å². The van der Waals surface area contributed by atoms with Crippen LogP contribution in [0.2, 0.25) is 0 Å². The monoisotopic (exact) mass is 793 g/mol. The molecule has 15 heteroatoms. The second kappa shape index (κ2) is 14.5. The normalized spacial score (nSPS) is 30.9. The largest absolute Gasteiger partial charge is 0.491 e. The summed E-state index contributed by atoms with van der Waals surface area (Å²) in [5, 5.41) is 15.1. The van der Waals surface area contributed by atoms with Crippen LogP contribution in [0.25, 0.3) is 10.8 Å². The molecule has 2 aromatic rings. The van der Waals surface area contributed by atoms with E-state index in [1.807, 2.05) is 43.3 Å². The van der Waals surface area contributed by atoms with Gasteiger partial charge in [0.25, 0.3) is 5.91 Å². The average molecular weight is 794 g/mol. The fourth-order valence-electron chi connectivity index (χ4n) is 8.81. The number of fused-ring (bicyclic) bond motifs is 5. The highest BCUT2D eigenvalue weighted by Gasteiger charge is 2.63. The molecule has 5 aliphatic rings. The molecule has 304 valence electrons. The SMILES string of the molecule is C[C@@H]1CC/C=C\[C@@H]2C[C@@]2(C(=O)NS(=O)(=O)C2(C)CC2)NC(=O)[C@@H]2C[C@@H](Oc3nc4c(c5ccccc35)OCCC4)CN2C(=O)[C@@H](N(C(=O)O)C(C)(C)C)[C@H](C)C1. The Morgan fingerprint density at radius 2 is 1.84 bits per heavy atom. The van der Waals surface area contributed by atoms with Crippen LogP contribution in [-0.2, 0) is 30.8 Å². The zero-order chi connectivity index (χ0) is 40.4. The lowest BCUT2D eigenvalue weighted by Crippen LogP contribution is -2.62. The Labute approximate surface area is 328 Å². The molecule has 56 heavy (non-hydrogen) atoms. The van der Waals surface area contributed by atoms with Gasteiger partial charge >= 0.3 is 6.09 Å². The molecule has 1 aromatic heterocycles. The van der Waals surface area contributed by atoms with Gasteiger partial charge < -0.3 is 24.8 Å². The number of ether oxygens (including phenoxy) is 2. The minimum Gasteiger partial charge on any atom is -0.491 e. The van der Waals surface area contributed by atoms with Crippen molar-refractivity contribution >= 4 is 44.6 Å². The number of aromatic nitrogens is 1. The maximum absolute atomic E-state index is 15.1. The number of amides is 4. The van der Waals surface area contributed by atoms with Crippen LogP contribution in [0.1, 0.15) is 98.6 Å². The van der Waals surface area contributed by atoms with E-state index in [-0.39, 0.29) is 25.3 Å². The van der Waals surface area contributed by atoms with Crippen molar-refractivity contribution in [3.63, 3.8) is 0 Å². The van der Waals surface area contributed by atoms with Crippen LogP contribution >= 0.6 is 0 Å². The summed E-state index contributed by atoms with van der Waals surface area (Å²) in [7, 11) is -4.01. The number of aryl methyl sites for hydroxylation is 1. The van der Waals surface area contributed by atoms with Crippen molar-refractivity contribution in [3.8, 4) is 11.6 Å². The number of allylic oxidation sites excluding steroid dienone is 1. The Morgan fingerprint density at radius 1 is 1.12 bits per heavy atom. The standard InChI is InChI=1S/C41H55N5O9S/c1-24-12-7-8-13-26-22-41(26,37(49)44-56(52,53)40(6)17-18-40)43-34(47)31-21-27(23-45(31)36(48)32(25(2)20-24)46(38(50)51)39(3,4)5)55-35-29-15-10-9-14-28(29)33-30(42-35)16-11-19-54-33/h8-10,13-15,24-27,31-32H,7,11-12,16-23H2,1-6H3,(H,43,47)(H,44,49)(H,50,51)/b13-8-/t24-,25-,26-,27-,31+,32+,41-/m1/s1. The number of hydrogen-bond donors (Lipinski definition) is 3. The van der Waals surface area contributed by atoms with E-state index in [0.29, 0.717) is 55.7 Å². The second-order valence-electron chi connectivity index (χ2n) is 17.9. The second-order valence-corrected chi connectivity index (χ2v) is 20.1. The van der Waals surface area contributed by atoms with Gasteiger partial charge in [0.05, 0.1) is 23.6 Å². The molecule has 0 unspecified atom stereocenters. The minimum absolute atomic E-state index is 0.0236. The predicted octanol–water partition coefficient (Wildman–Crippen LogP) is 4.94. The van der Waals surface area contributed by atoms with Crippen molar-refractivity contribution in [2.75, 3.05) is 13.2 Å². The molecular formula is C41H55N5O9S. The predicted molar refractivity (Wildman–Crippen MR) is 208 cm³/mol. The van der Waals surface area contributed by atoms with E-state index < -0.39 is 79.7 Å². The topological polar surface area (TPSA) is 185 Å². The van der Waals surface area contributed by atoms with E-state index >= 15 is 4.79 Å². The van der Waals surface area contributed by atoms with Crippen LogP contribution in [0.15, 0.2) is 36.4 Å². The number of carbonyl (C=O) groups is 4. The summed E-state index contributed by atoms with van der Waals surface area (Å²) in [6, 6.07) is 5.30. The van der Waals surface area contributed by atoms with E-state index in [1.165, 1.54) is 9.80 Å². The summed E-state index contributed by atoms with van der Waals surface area (Å²) < 4.78 is 40.3. The Hall–Kier alpha value is -4.40. The van der Waals surface area contributed by atoms with E-state index in [1.54, 1.807) is 27.7 Å². The number of hydrogen-bond acceptors (Lipinski definition) is 9. The molecule has 3 aliphatic heterocycles. The third kappa shape index (κ3) is 7.43. The molecule has 1 saturated heterocycles. The molecule has 4 amide bonds. The Kier molecular flexibility index (Phi) is 10.3. The van der Waals surface area contributed by atoms with Crippen molar-refractivity contribution in [3.05, 3.63) is 42.1 Å². The molecule has 2 saturated carbocycles. The molecule has 4 heterocycles. The molecule has 2 aliphatic carbocycles. The van der Waals surface area contributed by atoms with E-state index in [2.05, 4.69) is 17.0 Å². The third-order valence-electron chi connectivity index (χ3n) is 12.4. The Balaban J connectivity index is 1.27. The van der Waals surface area contributed by atoms with E-state index in [0.717, 1.165) is 23.9 Å². The number of nitrogens with zero attached hydrogens (tertiary/aromatic N) is 3. The summed E-state index contributed by atoms with van der Waals surface area (Å²) >= 11 is 0. The van der Waals surface area contributed by atoms with Gasteiger partial charge in [0.1, 0.15) is 29.5 Å². The maximum Gasteiger partial charge on any atom is 0.408 e. The molecule has 14 nitrogen and oxygen atoms in total. The number of pyridine rings is 1. The average Bonchev–Trinajstić information content (AvgIpc) is 4.01. The summed E-state index contributed by atoms with van der Waals surface area (Å²) in [6.07, 6.45) is 6.35. The lowest BCUT2D eigenvalue weighted by atomic mass is 9.85. The summed E-state index contributed by atoms with van der Waals surface area (Å²) in [6.45, 7) is 11.3. The third-order valence-corrected chi connectivity index (χ3v) is 14.6. The van der Waals surface area contributed by atoms with Crippen molar-refractivity contribution in [2.24, 2.45) is 17.8 Å². The number of rotatable bonds is 6. The van der Waals surface area contributed by atoms with E-state index in [9.17, 15) is 27.9 Å². The molecule has 7 rings (SSSR count). The summed E-state index contributed by atoms with van der Waals surface area (Å²) in [4.78, 5) is 64.2. The smallest absolute Gasteiger partial charge is 0.408 e. The van der Waals surface area contributed by atoms with Crippen molar-refractivity contribution in [1.82, 2.24) is 24.8 Å². The van der Waals surface area contributed by atoms with Crippen LogP contribution in [0.4, 0.5) is 4.79 Å². The highest BCUT2D eigenvalue weighted by atomic mass is 32.2. The van der Waals surface area contributed by atoms with Gasteiger partial charge in [-0.15, -0.1) is 0 Å². The van der Waals surface area contributed by atoms with Gasteiger partial charge in [-0.3, -0.25) is 24.0 Å². The van der Waals surface area contributed by atoms with Crippen molar-refractivity contribution < 1.29 is 42.2 Å². The number of carboxylic acid groups (broad SMARTS) is 1. The quantitative estimate of drug-likeness (QED) is 0.339. The van der Waals surface area contributed by atoms with E-state index in [4.69, 9.17) is 14.5 Å². The summed E-state index contributed by atoms with van der Waals surface area (Å²) in [5.41, 5.74) is -1.76. The Morgan fingerprint density at radius 3 is 2.52 bits per heavy atom. The Bertz CT molecular complexity index is 2060. The van der Waals surface area contributed by atoms with Gasteiger partial charge in [-0.25, -0.2) is 18.2 Å². The van der Waals surface area contributed by atoms with Crippen LogP contribution < -0.4 is 19.5 Å².